The lowest BCUT2D eigenvalue weighted by Crippen LogP contribution is -2.57. The highest BCUT2D eigenvalue weighted by atomic mass is 16.4. The van der Waals surface area contributed by atoms with Crippen molar-refractivity contribution in [2.24, 2.45) is 0 Å². The van der Waals surface area contributed by atoms with Crippen LogP contribution in [0.3, 0.4) is 0 Å². The lowest BCUT2D eigenvalue weighted by molar-refractivity contribution is -0.148. The third-order valence-electron chi connectivity index (χ3n) is 4.90. The van der Waals surface area contributed by atoms with Crippen LogP contribution in [-0.4, -0.2) is 40.1 Å². The molecule has 2 rings (SSSR count). The number of nitrogens with zero attached hydrogens (tertiary/aromatic N) is 1. The number of carboxylic acid groups (broad SMARTS) is 1. The molecule has 1 heterocycles. The van der Waals surface area contributed by atoms with E-state index >= 15 is 0 Å². The monoisotopic (exact) mass is 282 g/mol. The maximum Gasteiger partial charge on any atom is 0.329 e. The SMILES string of the molecule is CCC1(C(=O)O)CCCN1C(=O)NC1CCCCCC1. The second-order valence-electron chi connectivity index (χ2n) is 6.08. The molecule has 2 N–H and O–H groups in total. The van der Waals surface area contributed by atoms with Gasteiger partial charge in [-0.3, -0.25) is 0 Å². The molecular weight excluding hydrogens is 256 g/mol. The van der Waals surface area contributed by atoms with Crippen molar-refractivity contribution >= 4 is 12.0 Å². The highest BCUT2D eigenvalue weighted by Gasteiger charge is 2.48. The molecule has 2 fully saturated rings. The predicted molar refractivity (Wildman–Crippen MR) is 76.6 cm³/mol. The van der Waals surface area contributed by atoms with Gasteiger partial charge in [-0.2, -0.15) is 0 Å². The van der Waals surface area contributed by atoms with Crippen molar-refractivity contribution in [2.45, 2.75) is 76.3 Å². The van der Waals surface area contributed by atoms with Crippen molar-refractivity contribution in [3.8, 4) is 0 Å². The second-order valence-corrected chi connectivity index (χ2v) is 6.08. The van der Waals surface area contributed by atoms with Crippen molar-refractivity contribution in [1.82, 2.24) is 10.2 Å². The molecule has 0 radical (unpaired) electrons. The lowest BCUT2D eigenvalue weighted by atomic mass is 9.93. The molecular formula is C15H26N2O3. The van der Waals surface area contributed by atoms with E-state index in [9.17, 15) is 14.7 Å². The summed E-state index contributed by atoms with van der Waals surface area (Å²) in [6.07, 6.45) is 8.65. The van der Waals surface area contributed by atoms with Crippen molar-refractivity contribution in [3.05, 3.63) is 0 Å². The number of amides is 2. The number of nitrogens with one attached hydrogen (secondary N) is 1. The Bertz CT molecular complexity index is 364. The molecule has 2 aliphatic rings. The third-order valence-corrected chi connectivity index (χ3v) is 4.90. The van der Waals surface area contributed by atoms with Crippen molar-refractivity contribution in [3.63, 3.8) is 0 Å². The Morgan fingerprint density at radius 3 is 2.40 bits per heavy atom. The molecule has 1 aliphatic carbocycles. The first kappa shape index (κ1) is 15.1. The van der Waals surface area contributed by atoms with Gasteiger partial charge in [-0.15, -0.1) is 0 Å². The fraction of sp³-hybridized carbons (Fsp3) is 0.867. The summed E-state index contributed by atoms with van der Waals surface area (Å²) in [7, 11) is 0. The first-order valence-corrected chi connectivity index (χ1v) is 7.91. The third kappa shape index (κ3) is 2.91. The summed E-state index contributed by atoms with van der Waals surface area (Å²) in [5.41, 5.74) is -0.991. The van der Waals surface area contributed by atoms with E-state index in [2.05, 4.69) is 5.32 Å². The van der Waals surface area contributed by atoms with Crippen molar-refractivity contribution in [2.75, 3.05) is 6.54 Å². The first-order valence-electron chi connectivity index (χ1n) is 7.91. The summed E-state index contributed by atoms with van der Waals surface area (Å²) in [4.78, 5) is 25.6. The standard InChI is InChI=1S/C15H26N2O3/c1-2-15(13(18)19)10-7-11-17(15)14(20)16-12-8-5-3-4-6-9-12/h12H,2-11H2,1H3,(H,16,20)(H,18,19). The summed E-state index contributed by atoms with van der Waals surface area (Å²) in [5, 5.41) is 12.6. The molecule has 1 aliphatic heterocycles. The molecule has 0 bridgehead atoms. The zero-order valence-electron chi connectivity index (χ0n) is 12.4. The zero-order chi connectivity index (χ0) is 14.6. The van der Waals surface area contributed by atoms with Gasteiger partial charge in [0.2, 0.25) is 0 Å². The highest BCUT2D eigenvalue weighted by Crippen LogP contribution is 2.33. The second kappa shape index (κ2) is 6.46. The van der Waals surface area contributed by atoms with E-state index < -0.39 is 11.5 Å². The van der Waals surface area contributed by atoms with Crippen LogP contribution >= 0.6 is 0 Å². The molecule has 1 unspecified atom stereocenters. The number of rotatable bonds is 3. The Balaban J connectivity index is 2.01. The molecule has 5 heteroatoms. The Hall–Kier alpha value is -1.26. The van der Waals surface area contributed by atoms with E-state index in [4.69, 9.17) is 0 Å². The topological polar surface area (TPSA) is 69.6 Å². The maximum atomic E-state index is 12.5. The molecule has 0 aromatic rings. The predicted octanol–water partition coefficient (Wildman–Crippen LogP) is 2.75. The number of likely N-dealkylation sites (tertiary alicyclic amines) is 1. The average Bonchev–Trinajstić information content (AvgIpc) is 2.72. The van der Waals surface area contributed by atoms with Crippen LogP contribution < -0.4 is 5.32 Å². The largest absolute Gasteiger partial charge is 0.479 e. The van der Waals surface area contributed by atoms with E-state index in [0.717, 1.165) is 32.1 Å². The first-order chi connectivity index (χ1) is 9.60. The van der Waals surface area contributed by atoms with Gasteiger partial charge >= 0.3 is 12.0 Å². The van der Waals surface area contributed by atoms with E-state index in [1.165, 1.54) is 12.8 Å². The highest BCUT2D eigenvalue weighted by molar-refractivity contribution is 5.87. The van der Waals surface area contributed by atoms with Gasteiger partial charge < -0.3 is 15.3 Å². The Morgan fingerprint density at radius 2 is 1.85 bits per heavy atom. The van der Waals surface area contributed by atoms with Gasteiger partial charge in [0.25, 0.3) is 0 Å². The number of carboxylic acids is 1. The smallest absolute Gasteiger partial charge is 0.329 e. The van der Waals surface area contributed by atoms with Crippen LogP contribution in [0.2, 0.25) is 0 Å². The summed E-state index contributed by atoms with van der Waals surface area (Å²) in [6, 6.07) is 0.0348. The number of hydrogen-bond donors (Lipinski definition) is 2. The van der Waals surface area contributed by atoms with Crippen LogP contribution in [0.25, 0.3) is 0 Å². The van der Waals surface area contributed by atoms with Crippen LogP contribution in [0.4, 0.5) is 4.79 Å². The van der Waals surface area contributed by atoms with E-state index in [1.807, 2.05) is 6.92 Å². The molecule has 20 heavy (non-hydrogen) atoms. The number of urea groups is 1. The van der Waals surface area contributed by atoms with E-state index in [1.54, 1.807) is 4.90 Å². The van der Waals surface area contributed by atoms with Crippen LogP contribution in [0.15, 0.2) is 0 Å². The minimum atomic E-state index is -0.991. The summed E-state index contributed by atoms with van der Waals surface area (Å²) in [6.45, 7) is 2.41. The fourth-order valence-corrected chi connectivity index (χ4v) is 3.59. The lowest BCUT2D eigenvalue weighted by Gasteiger charge is -2.35. The van der Waals surface area contributed by atoms with Crippen LogP contribution in [-0.2, 0) is 4.79 Å². The number of carbonyl (C=O) groups excluding carboxylic acids is 1. The van der Waals surface area contributed by atoms with Crippen LogP contribution in [0.1, 0.15) is 64.7 Å². The average molecular weight is 282 g/mol. The molecule has 0 aromatic carbocycles. The Kier molecular flexibility index (Phi) is 4.89. The van der Waals surface area contributed by atoms with Crippen molar-refractivity contribution in [1.29, 1.82) is 0 Å². The van der Waals surface area contributed by atoms with E-state index in [-0.39, 0.29) is 12.1 Å². The quantitative estimate of drug-likeness (QED) is 0.782. The van der Waals surface area contributed by atoms with Gasteiger partial charge in [0, 0.05) is 12.6 Å². The van der Waals surface area contributed by atoms with Gasteiger partial charge in [0.05, 0.1) is 0 Å². The molecule has 2 amide bonds. The molecule has 0 aromatic heterocycles. The number of aliphatic carboxylic acids is 1. The molecule has 5 nitrogen and oxygen atoms in total. The molecule has 1 atom stereocenters. The number of hydrogen-bond acceptors (Lipinski definition) is 2. The van der Waals surface area contributed by atoms with Crippen molar-refractivity contribution < 1.29 is 14.7 Å². The summed E-state index contributed by atoms with van der Waals surface area (Å²) < 4.78 is 0. The van der Waals surface area contributed by atoms with E-state index in [0.29, 0.717) is 19.4 Å². The Morgan fingerprint density at radius 1 is 1.20 bits per heavy atom. The fourth-order valence-electron chi connectivity index (χ4n) is 3.59. The molecule has 1 saturated heterocycles. The minimum absolute atomic E-state index is 0.182. The molecule has 114 valence electrons. The van der Waals surface area contributed by atoms with Gasteiger partial charge in [0.1, 0.15) is 5.54 Å². The summed E-state index contributed by atoms with van der Waals surface area (Å²) >= 11 is 0. The zero-order valence-corrected chi connectivity index (χ0v) is 12.4. The van der Waals surface area contributed by atoms with Gasteiger partial charge in [0.15, 0.2) is 0 Å². The Labute approximate surface area is 120 Å². The number of carbonyl (C=O) groups is 2. The normalized spacial score (nSPS) is 28.1. The van der Waals surface area contributed by atoms with Gasteiger partial charge in [-0.1, -0.05) is 32.6 Å². The van der Waals surface area contributed by atoms with Gasteiger partial charge in [-0.05, 0) is 32.1 Å². The maximum absolute atomic E-state index is 12.5. The molecule has 1 saturated carbocycles. The van der Waals surface area contributed by atoms with Crippen LogP contribution in [0, 0.1) is 0 Å². The minimum Gasteiger partial charge on any atom is -0.479 e. The summed E-state index contributed by atoms with van der Waals surface area (Å²) in [5.74, 6) is -0.867. The van der Waals surface area contributed by atoms with Crippen LogP contribution in [0.5, 0.6) is 0 Å². The van der Waals surface area contributed by atoms with Gasteiger partial charge in [-0.25, -0.2) is 9.59 Å². The molecule has 0 spiro atoms.